The van der Waals surface area contributed by atoms with E-state index in [1.807, 2.05) is 48.3 Å². The fraction of sp³-hybridized carbons (Fsp3) is 0.367. The molecule has 0 aromatic heterocycles. The normalized spacial score (nSPS) is 19.4. The van der Waals surface area contributed by atoms with Crippen LogP contribution in [0.3, 0.4) is 0 Å². The molecule has 1 amide bonds. The van der Waals surface area contributed by atoms with Gasteiger partial charge in [0.05, 0.1) is 23.2 Å². The van der Waals surface area contributed by atoms with Crippen molar-refractivity contribution >= 4 is 29.1 Å². The second-order valence-electron chi connectivity index (χ2n) is 9.84. The maximum absolute atomic E-state index is 12.8. The lowest BCUT2D eigenvalue weighted by molar-refractivity contribution is 0.0751. The average Bonchev–Trinajstić information content (AvgIpc) is 3.16. The van der Waals surface area contributed by atoms with Crippen molar-refractivity contribution in [3.63, 3.8) is 0 Å². The molecule has 2 aliphatic heterocycles. The van der Waals surface area contributed by atoms with E-state index in [1.54, 1.807) is 7.11 Å². The maximum atomic E-state index is 12.8. The van der Waals surface area contributed by atoms with Gasteiger partial charge in [0.25, 0.3) is 5.91 Å². The summed E-state index contributed by atoms with van der Waals surface area (Å²) in [6.45, 7) is 1.98. The quantitative estimate of drug-likeness (QED) is 0.321. The molecular formula is C30H32Cl2N2O2. The van der Waals surface area contributed by atoms with Crippen molar-refractivity contribution < 1.29 is 9.53 Å². The van der Waals surface area contributed by atoms with E-state index < -0.39 is 0 Å². The zero-order valence-electron chi connectivity index (χ0n) is 20.8. The van der Waals surface area contributed by atoms with Gasteiger partial charge in [-0.2, -0.15) is 0 Å². The largest absolute Gasteiger partial charge is 0.496 e. The van der Waals surface area contributed by atoms with Crippen LogP contribution in [-0.2, 0) is 0 Å². The van der Waals surface area contributed by atoms with E-state index in [1.165, 1.54) is 11.1 Å². The highest BCUT2D eigenvalue weighted by molar-refractivity contribution is 6.42. The average molecular weight is 524 g/mol. The van der Waals surface area contributed by atoms with Crippen LogP contribution in [0.4, 0.5) is 0 Å². The van der Waals surface area contributed by atoms with Crippen LogP contribution >= 0.6 is 23.2 Å². The maximum Gasteiger partial charge on any atom is 0.254 e. The van der Waals surface area contributed by atoms with Crippen LogP contribution in [0.5, 0.6) is 5.75 Å². The van der Waals surface area contributed by atoms with Gasteiger partial charge in [-0.1, -0.05) is 65.7 Å². The Balaban J connectivity index is 1.36. The molecule has 2 unspecified atom stereocenters. The number of hydrogen-bond acceptors (Lipinski definition) is 3. The van der Waals surface area contributed by atoms with Crippen molar-refractivity contribution in [3.8, 4) is 5.75 Å². The number of hydrogen-bond donors (Lipinski definition) is 0. The van der Waals surface area contributed by atoms with Crippen molar-refractivity contribution in [2.45, 2.75) is 43.7 Å². The molecule has 6 heteroatoms. The number of piperidine rings is 1. The van der Waals surface area contributed by atoms with Crippen LogP contribution < -0.4 is 4.74 Å². The number of carbonyl (C=O) groups excluding carboxylic acids is 1. The van der Waals surface area contributed by atoms with E-state index in [0.29, 0.717) is 16.0 Å². The Morgan fingerprint density at radius 3 is 2.36 bits per heavy atom. The number of amides is 1. The summed E-state index contributed by atoms with van der Waals surface area (Å²) in [6, 6.07) is 22.7. The number of nitrogens with zero attached hydrogens (tertiary/aromatic N) is 2. The summed E-state index contributed by atoms with van der Waals surface area (Å²) in [7, 11) is 3.66. The van der Waals surface area contributed by atoms with Gasteiger partial charge in [-0.3, -0.25) is 9.69 Å². The second-order valence-corrected chi connectivity index (χ2v) is 10.7. The van der Waals surface area contributed by atoms with Crippen LogP contribution in [0.25, 0.3) is 0 Å². The molecule has 2 heterocycles. The molecule has 5 rings (SSSR count). The van der Waals surface area contributed by atoms with Crippen molar-refractivity contribution in [1.29, 1.82) is 0 Å². The number of likely N-dealkylation sites (tertiary alicyclic amines) is 1. The summed E-state index contributed by atoms with van der Waals surface area (Å²) in [4.78, 5) is 17.3. The summed E-state index contributed by atoms with van der Waals surface area (Å²) in [5, 5.41) is 1.16. The van der Waals surface area contributed by atoms with Crippen LogP contribution in [0.2, 0.25) is 10.0 Å². The van der Waals surface area contributed by atoms with Gasteiger partial charge in [0.2, 0.25) is 0 Å². The van der Waals surface area contributed by atoms with Gasteiger partial charge in [-0.25, -0.2) is 0 Å². The number of methoxy groups -OCH3 is 1. The lowest BCUT2D eigenvalue weighted by atomic mass is 9.86. The van der Waals surface area contributed by atoms with E-state index in [4.69, 9.17) is 27.9 Å². The molecule has 0 saturated carbocycles. The Bertz CT molecular complexity index is 1240. The molecule has 4 nitrogen and oxygen atoms in total. The van der Waals surface area contributed by atoms with E-state index in [-0.39, 0.29) is 18.0 Å². The molecule has 2 aliphatic rings. The third kappa shape index (κ3) is 4.87. The van der Waals surface area contributed by atoms with E-state index in [9.17, 15) is 4.79 Å². The third-order valence-corrected chi connectivity index (χ3v) is 8.67. The zero-order chi connectivity index (χ0) is 25.2. The van der Waals surface area contributed by atoms with Crippen LogP contribution in [0, 0.1) is 0 Å². The number of ether oxygens (including phenoxy) is 1. The highest BCUT2D eigenvalue weighted by Crippen LogP contribution is 2.41. The van der Waals surface area contributed by atoms with Gasteiger partial charge < -0.3 is 9.64 Å². The van der Waals surface area contributed by atoms with Gasteiger partial charge in [-0.05, 0) is 85.6 Å². The standard InChI is InChI=1S/C30H32Cl2N2O2/c1-33-28(23-8-3-4-9-24(23)30(33)35)14-13-27(21-11-12-25(31)26(32)19-21)34-17-15-20(16-18-34)22-7-5-6-10-29(22)36-2/h3-12,19-20,27-28H,13-18H2,1-2H3. The Morgan fingerprint density at radius 2 is 1.64 bits per heavy atom. The summed E-state index contributed by atoms with van der Waals surface area (Å²) < 4.78 is 5.64. The van der Waals surface area contributed by atoms with Crippen molar-refractivity contribution in [2.75, 3.05) is 27.2 Å². The van der Waals surface area contributed by atoms with E-state index >= 15 is 0 Å². The van der Waals surface area contributed by atoms with Crippen molar-refractivity contribution in [3.05, 3.63) is 99.0 Å². The molecule has 0 spiro atoms. The lowest BCUT2D eigenvalue weighted by Crippen LogP contribution is -2.36. The highest BCUT2D eigenvalue weighted by atomic mass is 35.5. The summed E-state index contributed by atoms with van der Waals surface area (Å²) in [6.07, 6.45) is 3.95. The Morgan fingerprint density at radius 1 is 0.944 bits per heavy atom. The topological polar surface area (TPSA) is 32.8 Å². The second kappa shape index (κ2) is 10.8. The number of carbonyl (C=O) groups is 1. The summed E-state index contributed by atoms with van der Waals surface area (Å²) >= 11 is 12.7. The number of benzene rings is 3. The van der Waals surface area contributed by atoms with Gasteiger partial charge in [-0.15, -0.1) is 0 Å². The monoisotopic (exact) mass is 522 g/mol. The van der Waals surface area contributed by atoms with Crippen LogP contribution in [-0.4, -0.2) is 43.0 Å². The smallest absolute Gasteiger partial charge is 0.254 e. The van der Waals surface area contributed by atoms with Gasteiger partial charge in [0.1, 0.15) is 5.75 Å². The minimum atomic E-state index is 0.0880. The molecule has 3 aromatic rings. The molecule has 0 N–H and O–H groups in total. The lowest BCUT2D eigenvalue weighted by Gasteiger charge is -2.39. The molecule has 0 radical (unpaired) electrons. The van der Waals surface area contributed by atoms with E-state index in [2.05, 4.69) is 35.2 Å². The SMILES string of the molecule is COc1ccccc1C1CCN(C(CCC2c3ccccc3C(=O)N2C)c2ccc(Cl)c(Cl)c2)CC1. The molecule has 3 aromatic carbocycles. The van der Waals surface area contributed by atoms with Crippen molar-refractivity contribution in [2.24, 2.45) is 0 Å². The van der Waals surface area contributed by atoms with Gasteiger partial charge >= 0.3 is 0 Å². The highest BCUT2D eigenvalue weighted by Gasteiger charge is 2.35. The Hall–Kier alpha value is -2.53. The molecule has 1 saturated heterocycles. The fourth-order valence-corrected chi connectivity index (χ4v) is 6.30. The van der Waals surface area contributed by atoms with Crippen LogP contribution in [0.15, 0.2) is 66.7 Å². The van der Waals surface area contributed by atoms with Gasteiger partial charge in [0, 0.05) is 18.7 Å². The predicted octanol–water partition coefficient (Wildman–Crippen LogP) is 7.53. The molecule has 0 aliphatic carbocycles. The molecule has 2 atom stereocenters. The van der Waals surface area contributed by atoms with Crippen LogP contribution in [0.1, 0.15) is 70.7 Å². The summed E-state index contributed by atoms with van der Waals surface area (Å²) in [5.74, 6) is 1.57. The number of rotatable bonds is 7. The van der Waals surface area contributed by atoms with Crippen molar-refractivity contribution in [1.82, 2.24) is 9.80 Å². The first-order chi connectivity index (χ1) is 17.5. The number of fused-ring (bicyclic) bond motifs is 1. The molecular weight excluding hydrogens is 491 g/mol. The van der Waals surface area contributed by atoms with E-state index in [0.717, 1.165) is 55.6 Å². The predicted molar refractivity (Wildman–Crippen MR) is 146 cm³/mol. The first-order valence-electron chi connectivity index (χ1n) is 12.7. The fourth-order valence-electron chi connectivity index (χ4n) is 5.99. The Labute approximate surface area is 223 Å². The zero-order valence-corrected chi connectivity index (χ0v) is 22.3. The first-order valence-corrected chi connectivity index (χ1v) is 13.4. The third-order valence-electron chi connectivity index (χ3n) is 7.93. The number of para-hydroxylation sites is 1. The van der Waals surface area contributed by atoms with Gasteiger partial charge in [0.15, 0.2) is 0 Å². The minimum Gasteiger partial charge on any atom is -0.496 e. The molecule has 1 fully saturated rings. The molecule has 36 heavy (non-hydrogen) atoms. The Kier molecular flexibility index (Phi) is 7.57. The first kappa shape index (κ1) is 25.1. The number of halogens is 2. The molecule has 0 bridgehead atoms. The minimum absolute atomic E-state index is 0.0880. The molecule has 188 valence electrons. The summed E-state index contributed by atoms with van der Waals surface area (Å²) in [5.41, 5.74) is 4.44.